The van der Waals surface area contributed by atoms with Crippen LogP contribution < -0.4 is 0 Å². The summed E-state index contributed by atoms with van der Waals surface area (Å²) in [6, 6.07) is 36.2. The zero-order valence-corrected chi connectivity index (χ0v) is 25.3. The average molecular weight is 509 g/mol. The van der Waals surface area contributed by atoms with Gasteiger partial charge in [0.25, 0.3) is 0 Å². The molecular weight excluding hydrogens is 474 g/mol. The fourth-order valence-electron chi connectivity index (χ4n) is 7.78. The van der Waals surface area contributed by atoms with Crippen LogP contribution in [-0.4, -0.2) is 43.5 Å². The molecule has 2 unspecified atom stereocenters. The van der Waals surface area contributed by atoms with Crippen molar-refractivity contribution in [3.8, 4) is 22.3 Å². The molecule has 184 valence electrons. The quantitative estimate of drug-likeness (QED) is 0.228. The Hall–Kier alpha value is -2.23. The van der Waals surface area contributed by atoms with Crippen molar-refractivity contribution in [1.82, 2.24) is 0 Å². The van der Waals surface area contributed by atoms with Crippen LogP contribution in [0.25, 0.3) is 32.6 Å². The zero-order valence-electron chi connectivity index (χ0n) is 24.3. The topological polar surface area (TPSA) is 0 Å². The molecule has 6 rings (SSSR count). The third kappa shape index (κ3) is 4.27. The molecule has 2 aliphatic rings. The van der Waals surface area contributed by atoms with Gasteiger partial charge in [-0.05, 0) is 0 Å². The molecule has 0 bridgehead atoms. The summed E-state index contributed by atoms with van der Waals surface area (Å²) in [4.78, 5) is 0. The average Bonchev–Trinajstić information content (AvgIpc) is 3.45. The Labute approximate surface area is 254 Å². The molecule has 2 atom stereocenters. The van der Waals surface area contributed by atoms with Crippen LogP contribution in [0.3, 0.4) is 0 Å². The van der Waals surface area contributed by atoms with Gasteiger partial charge in [0.2, 0.25) is 0 Å². The van der Waals surface area contributed by atoms with Crippen molar-refractivity contribution < 1.29 is 0 Å². The van der Waals surface area contributed by atoms with Crippen LogP contribution >= 0.6 is 0 Å². The number of rotatable bonds is 6. The number of benzene rings is 4. The van der Waals surface area contributed by atoms with Gasteiger partial charge in [-0.2, -0.15) is 0 Å². The van der Waals surface area contributed by atoms with E-state index in [1.807, 2.05) is 0 Å². The molecule has 39 heavy (non-hydrogen) atoms. The predicted molar refractivity (Wildman–Crippen MR) is 173 cm³/mol. The first-order chi connectivity index (χ1) is 18.9. The Morgan fingerprint density at radius 2 is 0.923 bits per heavy atom. The Bertz CT molecular complexity index is 1490. The van der Waals surface area contributed by atoms with Gasteiger partial charge < -0.3 is 0 Å². The summed E-state index contributed by atoms with van der Waals surface area (Å²) in [5.41, 5.74) is 14.9. The summed E-state index contributed by atoms with van der Waals surface area (Å²) in [6.07, 6.45) is 2.21. The van der Waals surface area contributed by atoms with Gasteiger partial charge in [-0.3, -0.25) is 0 Å². The van der Waals surface area contributed by atoms with E-state index >= 15 is 0 Å². The minimum absolute atomic E-state index is 0.462. The molecule has 0 spiro atoms. The molecule has 0 nitrogen and oxygen atoms in total. The second-order valence-corrected chi connectivity index (χ2v) is 16.1. The SMILES string of the molecule is [Li][CH]1C(CC)=C([Si](C)(C)C2=C(CC)[CH]([Li])c3cccc(-c4ccccc4)c32)c2c(-c3ccccc3)cccc21. The van der Waals surface area contributed by atoms with Crippen molar-refractivity contribution in [2.75, 3.05) is 0 Å². The predicted octanol–water partition coefficient (Wildman–Crippen LogP) is 9.28. The monoisotopic (exact) mass is 508 g/mol. The van der Waals surface area contributed by atoms with E-state index < -0.39 is 8.07 Å². The van der Waals surface area contributed by atoms with Gasteiger partial charge in [-0.25, -0.2) is 0 Å². The standard InChI is InChI=1S/C36H34Si.2Li/c1-5-25-23-29-19-13-21-31(27-15-9-7-10-16-27)33(29)35(25)37(3,4)36-26(6-2)24-30-20-14-22-32(34(30)36)28-17-11-8-12-18-28;;/h7-24H,5-6H2,1-4H3;;. The van der Waals surface area contributed by atoms with Gasteiger partial charge in [0.05, 0.1) is 0 Å². The normalized spacial score (nSPS) is 18.6. The van der Waals surface area contributed by atoms with E-state index in [0.717, 1.165) is 12.8 Å². The van der Waals surface area contributed by atoms with Crippen molar-refractivity contribution in [2.24, 2.45) is 0 Å². The number of hydrogen-bond acceptors (Lipinski definition) is 0. The van der Waals surface area contributed by atoms with Gasteiger partial charge in [-0.15, -0.1) is 0 Å². The van der Waals surface area contributed by atoms with E-state index in [9.17, 15) is 0 Å². The number of fused-ring (bicyclic) bond motifs is 2. The number of allylic oxidation sites excluding steroid dienone is 2. The van der Waals surface area contributed by atoms with Crippen molar-refractivity contribution in [3.63, 3.8) is 0 Å². The molecule has 4 aromatic rings. The van der Waals surface area contributed by atoms with Crippen LogP contribution in [0.2, 0.25) is 13.1 Å². The van der Waals surface area contributed by atoms with Crippen LogP contribution in [0.5, 0.6) is 0 Å². The third-order valence-corrected chi connectivity index (χ3v) is 13.1. The molecule has 3 heteroatoms. The Morgan fingerprint density at radius 3 is 1.28 bits per heavy atom. The molecule has 2 aliphatic carbocycles. The summed E-state index contributed by atoms with van der Waals surface area (Å²) in [7, 11) is -2.16. The molecule has 0 saturated carbocycles. The van der Waals surface area contributed by atoms with Crippen molar-refractivity contribution >= 4 is 53.9 Å². The first-order valence-corrected chi connectivity index (χ1v) is 17.7. The van der Waals surface area contributed by atoms with E-state index in [2.05, 4.69) is 159 Å². The van der Waals surface area contributed by atoms with Crippen LogP contribution in [0.15, 0.2) is 108 Å². The fraction of sp³-hybridized carbons (Fsp3) is 0.222. The third-order valence-electron chi connectivity index (χ3n) is 9.50. The van der Waals surface area contributed by atoms with Gasteiger partial charge in [0.15, 0.2) is 0 Å². The van der Waals surface area contributed by atoms with E-state index in [-0.39, 0.29) is 0 Å². The molecule has 0 saturated heterocycles. The van der Waals surface area contributed by atoms with E-state index in [1.165, 1.54) is 44.5 Å². The summed E-state index contributed by atoms with van der Waals surface area (Å²) in [5, 5.41) is 3.38. The first-order valence-electron chi connectivity index (χ1n) is 14.7. The molecule has 0 heterocycles. The van der Waals surface area contributed by atoms with E-state index in [4.69, 9.17) is 0 Å². The minimum atomic E-state index is -2.16. The van der Waals surface area contributed by atoms with Crippen molar-refractivity contribution in [2.45, 2.75) is 49.0 Å². The Balaban J connectivity index is 1.65. The van der Waals surface area contributed by atoms with Crippen LogP contribution in [0.4, 0.5) is 0 Å². The zero-order chi connectivity index (χ0) is 27.3. The Kier molecular flexibility index (Phi) is 7.35. The van der Waals surface area contributed by atoms with Gasteiger partial charge in [0, 0.05) is 0 Å². The van der Waals surface area contributed by atoms with E-state index in [1.54, 1.807) is 21.5 Å². The fourth-order valence-corrected chi connectivity index (χ4v) is 12.2. The maximum absolute atomic E-state index is 2.65. The number of hydrogen-bond donors (Lipinski definition) is 0. The van der Waals surface area contributed by atoms with E-state index in [0.29, 0.717) is 9.18 Å². The molecule has 0 radical (unpaired) electrons. The molecule has 0 aliphatic heterocycles. The maximum atomic E-state index is 2.65. The first kappa shape index (κ1) is 27.0. The molecule has 0 aromatic heterocycles. The van der Waals surface area contributed by atoms with Gasteiger partial charge >= 0.3 is 256 Å². The second-order valence-electron chi connectivity index (χ2n) is 11.8. The molecule has 4 aromatic carbocycles. The summed E-state index contributed by atoms with van der Waals surface area (Å²) in [5.74, 6) is 0. The molecular formula is C36H34Li2Si. The van der Waals surface area contributed by atoms with Gasteiger partial charge in [-0.1, -0.05) is 0 Å². The van der Waals surface area contributed by atoms with Crippen molar-refractivity contribution in [3.05, 3.63) is 130 Å². The summed E-state index contributed by atoms with van der Waals surface area (Å²) >= 11 is 4.89. The van der Waals surface area contributed by atoms with Crippen molar-refractivity contribution in [1.29, 1.82) is 0 Å². The molecule has 0 amide bonds. The molecule has 0 fully saturated rings. The summed E-state index contributed by atoms with van der Waals surface area (Å²) < 4.78 is 0.924. The van der Waals surface area contributed by atoms with Crippen LogP contribution in [-0.2, 0) is 0 Å². The molecule has 0 N–H and O–H groups in total. The van der Waals surface area contributed by atoms with Crippen LogP contribution in [0, 0.1) is 0 Å². The second kappa shape index (κ2) is 10.6. The summed E-state index contributed by atoms with van der Waals surface area (Å²) in [6.45, 7) is 10.0. The Morgan fingerprint density at radius 1 is 0.538 bits per heavy atom. The van der Waals surface area contributed by atoms with Crippen LogP contribution in [0.1, 0.15) is 58.1 Å². The van der Waals surface area contributed by atoms with Gasteiger partial charge in [0.1, 0.15) is 0 Å².